The van der Waals surface area contributed by atoms with Gasteiger partial charge in [-0.05, 0) is 30.2 Å². The molecule has 47 heavy (non-hydrogen) atoms. The van der Waals surface area contributed by atoms with Crippen molar-refractivity contribution in [2.45, 2.75) is 49.4 Å². The second-order valence-corrected chi connectivity index (χ2v) is 13.3. The Morgan fingerprint density at radius 3 is 2.55 bits per heavy atom. The number of alkyl halides is 7. The Bertz CT molecular complexity index is 1780. The first-order chi connectivity index (χ1) is 21.9. The van der Waals surface area contributed by atoms with Crippen molar-refractivity contribution in [1.29, 1.82) is 0 Å². The predicted molar refractivity (Wildman–Crippen MR) is 160 cm³/mol. The zero-order chi connectivity index (χ0) is 34.7. The fraction of sp³-hybridized carbons (Fsp3) is 0.467. The minimum Gasteiger partial charge on any atom is -0.495 e. The number of aromatic nitrogens is 2. The number of hydrogen-bond donors (Lipinski definition) is 2. The number of fused-ring (bicyclic) bond motifs is 1. The summed E-state index contributed by atoms with van der Waals surface area (Å²) in [4.78, 5) is 18.6. The van der Waals surface area contributed by atoms with Crippen LogP contribution in [0.5, 0.6) is 5.75 Å². The first kappa shape index (κ1) is 35.8. The van der Waals surface area contributed by atoms with E-state index in [-0.39, 0.29) is 52.4 Å². The Kier molecular flexibility index (Phi) is 10.7. The summed E-state index contributed by atoms with van der Waals surface area (Å²) in [7, 11) is -2.15. The highest BCUT2D eigenvalue weighted by atomic mass is 32.2. The van der Waals surface area contributed by atoms with E-state index in [1.54, 1.807) is 0 Å². The van der Waals surface area contributed by atoms with Crippen LogP contribution in [-0.4, -0.2) is 92.9 Å². The summed E-state index contributed by atoms with van der Waals surface area (Å²) in [5, 5.41) is 5.25. The van der Waals surface area contributed by atoms with Crippen LogP contribution in [0.25, 0.3) is 11.0 Å². The van der Waals surface area contributed by atoms with Gasteiger partial charge in [-0.2, -0.15) is 13.2 Å². The number of rotatable bonds is 10. The van der Waals surface area contributed by atoms with Gasteiger partial charge >= 0.3 is 6.18 Å². The summed E-state index contributed by atoms with van der Waals surface area (Å²) in [5.41, 5.74) is -0.0390. The third-order valence-electron chi connectivity index (χ3n) is 7.48. The normalized spacial score (nSPS) is 18.5. The maximum atomic E-state index is 15.2. The molecule has 256 valence electrons. The summed E-state index contributed by atoms with van der Waals surface area (Å²) < 4.78 is 125. The third-order valence-corrected chi connectivity index (χ3v) is 8.59. The highest BCUT2D eigenvalue weighted by molar-refractivity contribution is 7.90. The lowest BCUT2D eigenvalue weighted by atomic mass is 9.90. The zero-order valence-electron chi connectivity index (χ0n) is 25.5. The number of nitrogens with zero attached hydrogens (tertiary/aromatic N) is 3. The summed E-state index contributed by atoms with van der Waals surface area (Å²) in [5.74, 6) is 0.376. The second kappa shape index (κ2) is 14.0. The standard InChI is InChI=1S/C30H32F7N5O4S/c1-18-14-41(10-8-25(31)32)15-29(33,34)27(18)40-28(43)21-11-19(12-23-26(21)39-17-42(23)16-30(35,36)37)5-4-9-38-22-7-6-20(47(3,44)45)13-24(22)46-2/h6-7,11-13,17-18,25,27,38H,8-10,14-16H2,1-3H3,(H,40,43)/t18-,27+/m0/s1. The number of benzene rings is 2. The molecule has 0 aliphatic carbocycles. The smallest absolute Gasteiger partial charge is 0.406 e. The molecule has 3 aromatic rings. The van der Waals surface area contributed by atoms with Crippen LogP contribution in [0.3, 0.4) is 0 Å². The number of sulfone groups is 1. The van der Waals surface area contributed by atoms with Crippen molar-refractivity contribution in [2.24, 2.45) is 5.92 Å². The van der Waals surface area contributed by atoms with Crippen molar-refractivity contribution >= 4 is 32.5 Å². The number of carbonyl (C=O) groups excluding carboxylic acids is 1. The topological polar surface area (TPSA) is 106 Å². The van der Waals surface area contributed by atoms with E-state index in [1.165, 1.54) is 49.3 Å². The van der Waals surface area contributed by atoms with Crippen molar-refractivity contribution in [2.75, 3.05) is 44.9 Å². The number of methoxy groups -OCH3 is 1. The van der Waals surface area contributed by atoms with Gasteiger partial charge in [-0.15, -0.1) is 0 Å². The molecule has 1 saturated heterocycles. The molecule has 4 rings (SSSR count). The Hall–Kier alpha value is -4.04. The van der Waals surface area contributed by atoms with Gasteiger partial charge in [-0.25, -0.2) is 31.0 Å². The van der Waals surface area contributed by atoms with E-state index < -0.39 is 65.7 Å². The van der Waals surface area contributed by atoms with Gasteiger partial charge in [0.2, 0.25) is 6.43 Å². The molecule has 0 unspecified atom stereocenters. The molecule has 2 aromatic carbocycles. The van der Waals surface area contributed by atoms with E-state index >= 15 is 8.78 Å². The van der Waals surface area contributed by atoms with Crippen LogP contribution in [0, 0.1) is 17.8 Å². The quantitative estimate of drug-likeness (QED) is 0.232. The van der Waals surface area contributed by atoms with Gasteiger partial charge in [0, 0.05) is 37.4 Å². The van der Waals surface area contributed by atoms with Crippen LogP contribution < -0.4 is 15.4 Å². The number of piperidine rings is 1. The van der Waals surface area contributed by atoms with Gasteiger partial charge in [0.25, 0.3) is 11.8 Å². The van der Waals surface area contributed by atoms with Crippen LogP contribution in [-0.2, 0) is 16.4 Å². The Morgan fingerprint density at radius 1 is 1.21 bits per heavy atom. The minimum atomic E-state index is -4.64. The monoisotopic (exact) mass is 691 g/mol. The average Bonchev–Trinajstić information content (AvgIpc) is 3.35. The summed E-state index contributed by atoms with van der Waals surface area (Å²) in [6.45, 7) is -1.11. The van der Waals surface area contributed by atoms with E-state index in [0.29, 0.717) is 5.69 Å². The molecule has 1 aliphatic heterocycles. The highest BCUT2D eigenvalue weighted by Crippen LogP contribution is 2.33. The summed E-state index contributed by atoms with van der Waals surface area (Å²) in [6.07, 6.45) is -5.94. The number of imidazole rings is 1. The molecule has 1 aliphatic rings. The van der Waals surface area contributed by atoms with Gasteiger partial charge in [-0.3, -0.25) is 9.69 Å². The van der Waals surface area contributed by atoms with Crippen LogP contribution in [0.15, 0.2) is 41.6 Å². The molecule has 1 fully saturated rings. The number of carbonyl (C=O) groups is 1. The lowest BCUT2D eigenvalue weighted by Crippen LogP contribution is -2.62. The lowest BCUT2D eigenvalue weighted by molar-refractivity contribution is -0.140. The molecule has 0 spiro atoms. The van der Waals surface area contributed by atoms with Crippen molar-refractivity contribution in [3.8, 4) is 17.6 Å². The fourth-order valence-electron chi connectivity index (χ4n) is 5.37. The SMILES string of the molecule is COc1cc(S(C)(=O)=O)ccc1NCC#Cc1cc(C(=O)N[C@@H]2[C@@H](C)CN(CCC(F)F)CC2(F)F)c2ncn(CC(F)(F)F)c2c1. The van der Waals surface area contributed by atoms with E-state index in [1.807, 2.05) is 0 Å². The third kappa shape index (κ3) is 9.07. The van der Waals surface area contributed by atoms with Crippen molar-refractivity contribution in [1.82, 2.24) is 19.8 Å². The van der Waals surface area contributed by atoms with Crippen molar-refractivity contribution in [3.63, 3.8) is 0 Å². The van der Waals surface area contributed by atoms with Gasteiger partial charge in [0.1, 0.15) is 17.8 Å². The van der Waals surface area contributed by atoms with Crippen LogP contribution in [0.4, 0.5) is 36.4 Å². The van der Waals surface area contributed by atoms with E-state index in [9.17, 15) is 35.2 Å². The fourth-order valence-corrected chi connectivity index (χ4v) is 6.01. The van der Waals surface area contributed by atoms with E-state index in [2.05, 4.69) is 27.5 Å². The summed E-state index contributed by atoms with van der Waals surface area (Å²) in [6, 6.07) is 5.00. The van der Waals surface area contributed by atoms with Crippen LogP contribution >= 0.6 is 0 Å². The van der Waals surface area contributed by atoms with Gasteiger partial charge < -0.3 is 19.9 Å². The van der Waals surface area contributed by atoms with Crippen molar-refractivity contribution < 1.29 is 48.7 Å². The van der Waals surface area contributed by atoms with Crippen LogP contribution in [0.2, 0.25) is 0 Å². The highest BCUT2D eigenvalue weighted by Gasteiger charge is 2.49. The molecular formula is C30H32F7N5O4S. The Balaban J connectivity index is 1.61. The van der Waals surface area contributed by atoms with E-state index in [4.69, 9.17) is 4.74 Å². The Morgan fingerprint density at radius 2 is 1.94 bits per heavy atom. The maximum Gasteiger partial charge on any atom is 0.406 e. The number of hydrogen-bond acceptors (Lipinski definition) is 7. The number of ether oxygens (including phenoxy) is 1. The summed E-state index contributed by atoms with van der Waals surface area (Å²) >= 11 is 0. The Labute approximate surface area is 266 Å². The number of nitrogens with one attached hydrogen (secondary N) is 2. The molecule has 0 bridgehead atoms. The van der Waals surface area contributed by atoms with E-state index in [0.717, 1.165) is 17.2 Å². The lowest BCUT2D eigenvalue weighted by Gasteiger charge is -2.42. The molecule has 0 saturated carbocycles. The zero-order valence-corrected chi connectivity index (χ0v) is 26.3. The number of anilines is 1. The molecule has 2 heterocycles. The molecule has 1 amide bonds. The first-order valence-electron chi connectivity index (χ1n) is 14.2. The van der Waals surface area contributed by atoms with Crippen molar-refractivity contribution in [3.05, 3.63) is 47.8 Å². The first-order valence-corrected chi connectivity index (χ1v) is 16.1. The van der Waals surface area contributed by atoms with Gasteiger partial charge in [-0.1, -0.05) is 18.8 Å². The number of amides is 1. The molecule has 2 N–H and O–H groups in total. The largest absolute Gasteiger partial charge is 0.495 e. The molecule has 0 radical (unpaired) electrons. The molecule has 9 nitrogen and oxygen atoms in total. The molecule has 1 aromatic heterocycles. The molecule has 17 heteroatoms. The second-order valence-electron chi connectivity index (χ2n) is 11.3. The van der Waals surface area contributed by atoms with Gasteiger partial charge in [0.15, 0.2) is 9.84 Å². The molecule has 2 atom stereocenters. The van der Waals surface area contributed by atoms with Gasteiger partial charge in [0.05, 0.1) is 54.2 Å². The minimum absolute atomic E-state index is 0.0170. The number of likely N-dealkylation sites (tertiary alicyclic amines) is 1. The number of halogens is 7. The predicted octanol–water partition coefficient (Wildman–Crippen LogP) is 4.81. The average molecular weight is 692 g/mol. The van der Waals surface area contributed by atoms with Crippen LogP contribution in [0.1, 0.15) is 29.3 Å². The maximum absolute atomic E-state index is 15.2. The molecular weight excluding hydrogens is 659 g/mol.